The Morgan fingerprint density at radius 3 is 2.61 bits per heavy atom. The van der Waals surface area contributed by atoms with Crippen LogP contribution < -0.4 is 10.6 Å². The zero-order valence-corrected chi connectivity index (χ0v) is 16.6. The molecule has 0 radical (unpaired) electrons. The minimum Gasteiger partial charge on any atom is -0.345 e. The van der Waals surface area contributed by atoms with Crippen molar-refractivity contribution in [2.75, 3.05) is 5.32 Å². The lowest BCUT2D eigenvalue weighted by Crippen LogP contribution is -2.41. The van der Waals surface area contributed by atoms with Gasteiger partial charge in [0, 0.05) is 12.0 Å². The summed E-state index contributed by atoms with van der Waals surface area (Å²) in [5.41, 5.74) is 3.18. The summed E-state index contributed by atoms with van der Waals surface area (Å²) in [6, 6.07) is 17.0. The number of nitrogens with zero attached hydrogens (tertiary/aromatic N) is 2. The molecule has 1 aromatic heterocycles. The van der Waals surface area contributed by atoms with Crippen LogP contribution in [-0.2, 0) is 16.0 Å². The van der Waals surface area contributed by atoms with Crippen molar-refractivity contribution in [3.63, 3.8) is 0 Å². The first-order valence-electron chi connectivity index (χ1n) is 9.06. The van der Waals surface area contributed by atoms with Crippen LogP contribution in [0.15, 0.2) is 54.6 Å². The highest BCUT2D eigenvalue weighted by Gasteiger charge is 2.17. The molecule has 3 aromatic rings. The molecule has 0 fully saturated rings. The second-order valence-corrected chi connectivity index (χ2v) is 7.52. The molecule has 3 rings (SSSR count). The molecule has 7 heteroatoms. The molecule has 0 bridgehead atoms. The summed E-state index contributed by atoms with van der Waals surface area (Å²) in [7, 11) is 0. The van der Waals surface area contributed by atoms with Crippen molar-refractivity contribution in [1.82, 2.24) is 15.5 Å². The number of aromatic nitrogens is 2. The Bertz CT molecular complexity index is 956. The van der Waals surface area contributed by atoms with Crippen molar-refractivity contribution in [3.05, 3.63) is 65.7 Å². The number of carbonyl (C=O) groups excluding carboxylic acids is 2. The molecule has 0 aliphatic rings. The van der Waals surface area contributed by atoms with Crippen LogP contribution in [-0.4, -0.2) is 28.1 Å². The minimum absolute atomic E-state index is 0.163. The van der Waals surface area contributed by atoms with E-state index in [0.717, 1.165) is 21.7 Å². The lowest BCUT2D eigenvalue weighted by molar-refractivity contribution is -0.126. The molecule has 0 aliphatic heterocycles. The van der Waals surface area contributed by atoms with Gasteiger partial charge >= 0.3 is 0 Å². The predicted octanol–water partition coefficient (Wildman–Crippen LogP) is 3.59. The average molecular weight is 395 g/mol. The van der Waals surface area contributed by atoms with E-state index in [2.05, 4.69) is 20.8 Å². The molecule has 0 spiro atoms. The van der Waals surface area contributed by atoms with Gasteiger partial charge in [-0.15, -0.1) is 10.2 Å². The Hall–Kier alpha value is -3.06. The van der Waals surface area contributed by atoms with Crippen LogP contribution in [0.4, 0.5) is 5.13 Å². The first-order valence-corrected chi connectivity index (χ1v) is 9.87. The van der Waals surface area contributed by atoms with Crippen molar-refractivity contribution in [1.29, 1.82) is 0 Å². The van der Waals surface area contributed by atoms with Gasteiger partial charge in [-0.25, -0.2) is 0 Å². The third-order valence-electron chi connectivity index (χ3n) is 4.17. The zero-order chi connectivity index (χ0) is 19.9. The van der Waals surface area contributed by atoms with Gasteiger partial charge in [0.1, 0.15) is 11.0 Å². The molecular weight excluding hydrogens is 372 g/mol. The van der Waals surface area contributed by atoms with Gasteiger partial charge in [0.15, 0.2) is 0 Å². The van der Waals surface area contributed by atoms with E-state index in [1.165, 1.54) is 11.3 Å². The second-order valence-electron chi connectivity index (χ2n) is 6.55. The molecule has 144 valence electrons. The fourth-order valence-corrected chi connectivity index (χ4v) is 3.41. The summed E-state index contributed by atoms with van der Waals surface area (Å²) < 4.78 is 0. The first-order chi connectivity index (χ1) is 13.5. The fourth-order valence-electron chi connectivity index (χ4n) is 2.66. The number of anilines is 1. The monoisotopic (exact) mass is 394 g/mol. The van der Waals surface area contributed by atoms with E-state index in [-0.39, 0.29) is 11.8 Å². The SMILES string of the molecule is Cc1cccc(-c2nnc(NC(=O)[C@@H](C)NC(=O)CCc3ccccc3)s2)c1. The summed E-state index contributed by atoms with van der Waals surface area (Å²) in [6.07, 6.45) is 0.967. The Labute approximate surface area is 168 Å². The normalized spacial score (nSPS) is 11.6. The molecule has 0 saturated heterocycles. The second kappa shape index (κ2) is 9.23. The van der Waals surface area contributed by atoms with Gasteiger partial charge in [-0.1, -0.05) is 65.4 Å². The molecular formula is C21H22N4O2S. The summed E-state index contributed by atoms with van der Waals surface area (Å²) in [5, 5.41) is 14.7. The van der Waals surface area contributed by atoms with Crippen molar-refractivity contribution >= 4 is 28.3 Å². The largest absolute Gasteiger partial charge is 0.345 e. The highest BCUT2D eigenvalue weighted by molar-refractivity contribution is 7.18. The molecule has 0 aliphatic carbocycles. The number of benzene rings is 2. The van der Waals surface area contributed by atoms with Gasteiger partial charge in [0.25, 0.3) is 0 Å². The minimum atomic E-state index is -0.658. The van der Waals surface area contributed by atoms with Crippen LogP contribution in [0.25, 0.3) is 10.6 Å². The van der Waals surface area contributed by atoms with E-state index >= 15 is 0 Å². The molecule has 2 aromatic carbocycles. The van der Waals surface area contributed by atoms with Crippen molar-refractivity contribution < 1.29 is 9.59 Å². The number of carbonyl (C=O) groups is 2. The molecule has 28 heavy (non-hydrogen) atoms. The maximum atomic E-state index is 12.3. The van der Waals surface area contributed by atoms with Crippen LogP contribution in [0.2, 0.25) is 0 Å². The smallest absolute Gasteiger partial charge is 0.248 e. The van der Waals surface area contributed by atoms with Crippen LogP contribution in [0.3, 0.4) is 0 Å². The quantitative estimate of drug-likeness (QED) is 0.641. The molecule has 6 nitrogen and oxygen atoms in total. The zero-order valence-electron chi connectivity index (χ0n) is 15.8. The average Bonchev–Trinajstić information content (AvgIpc) is 3.15. The number of rotatable bonds is 7. The van der Waals surface area contributed by atoms with Gasteiger partial charge < -0.3 is 5.32 Å². The third-order valence-corrected chi connectivity index (χ3v) is 5.06. The molecule has 2 amide bonds. The van der Waals surface area contributed by atoms with Crippen molar-refractivity contribution in [2.24, 2.45) is 0 Å². The van der Waals surface area contributed by atoms with Crippen molar-refractivity contribution in [3.8, 4) is 10.6 Å². The molecule has 2 N–H and O–H groups in total. The molecule has 0 unspecified atom stereocenters. The standard InChI is InChI=1S/C21H22N4O2S/c1-14-7-6-10-17(13-14)20-24-25-21(28-20)23-19(27)15(2)22-18(26)12-11-16-8-4-3-5-9-16/h3-10,13,15H,11-12H2,1-2H3,(H,22,26)(H,23,25,27)/t15-/m1/s1. The molecule has 0 saturated carbocycles. The van der Waals surface area contributed by atoms with Crippen molar-refractivity contribution in [2.45, 2.75) is 32.7 Å². The maximum absolute atomic E-state index is 12.3. The van der Waals surface area contributed by atoms with E-state index < -0.39 is 6.04 Å². The van der Waals surface area contributed by atoms with E-state index in [9.17, 15) is 9.59 Å². The van der Waals surface area contributed by atoms with Crippen LogP contribution in [0.1, 0.15) is 24.5 Å². The lowest BCUT2D eigenvalue weighted by atomic mass is 10.1. The number of nitrogens with one attached hydrogen (secondary N) is 2. The van der Waals surface area contributed by atoms with Gasteiger partial charge in [0.2, 0.25) is 16.9 Å². The predicted molar refractivity (Wildman–Crippen MR) is 111 cm³/mol. The number of hydrogen-bond donors (Lipinski definition) is 2. The summed E-state index contributed by atoms with van der Waals surface area (Å²) >= 11 is 1.30. The Morgan fingerprint density at radius 1 is 1.07 bits per heavy atom. The summed E-state index contributed by atoms with van der Waals surface area (Å²) in [5.74, 6) is -0.482. The van der Waals surface area contributed by atoms with E-state index in [1.54, 1.807) is 6.92 Å². The highest BCUT2D eigenvalue weighted by atomic mass is 32.1. The van der Waals surface area contributed by atoms with Crippen LogP contribution >= 0.6 is 11.3 Å². The Morgan fingerprint density at radius 2 is 1.86 bits per heavy atom. The van der Waals surface area contributed by atoms with Crippen LogP contribution in [0, 0.1) is 6.92 Å². The Balaban J connectivity index is 1.51. The molecule has 1 atom stereocenters. The van der Waals surface area contributed by atoms with Crippen LogP contribution in [0.5, 0.6) is 0 Å². The van der Waals surface area contributed by atoms with Gasteiger partial charge in [0.05, 0.1) is 0 Å². The topological polar surface area (TPSA) is 84.0 Å². The van der Waals surface area contributed by atoms with E-state index in [1.807, 2.05) is 61.5 Å². The number of aryl methyl sites for hydroxylation is 2. The van der Waals surface area contributed by atoms with Gasteiger partial charge in [-0.05, 0) is 31.9 Å². The first kappa shape index (κ1) is 19.7. The highest BCUT2D eigenvalue weighted by Crippen LogP contribution is 2.26. The molecule has 1 heterocycles. The van der Waals surface area contributed by atoms with E-state index in [0.29, 0.717) is 18.0 Å². The number of hydrogen-bond acceptors (Lipinski definition) is 5. The van der Waals surface area contributed by atoms with E-state index in [4.69, 9.17) is 0 Å². The third kappa shape index (κ3) is 5.47. The van der Waals surface area contributed by atoms with Gasteiger partial charge in [-0.2, -0.15) is 0 Å². The maximum Gasteiger partial charge on any atom is 0.248 e. The lowest BCUT2D eigenvalue weighted by Gasteiger charge is -2.12. The summed E-state index contributed by atoms with van der Waals surface area (Å²) in [6.45, 7) is 3.66. The van der Waals surface area contributed by atoms with Gasteiger partial charge in [-0.3, -0.25) is 14.9 Å². The Kier molecular flexibility index (Phi) is 6.49. The summed E-state index contributed by atoms with van der Waals surface area (Å²) in [4.78, 5) is 24.4. The number of amides is 2. The fraction of sp³-hybridized carbons (Fsp3) is 0.238.